The van der Waals surface area contributed by atoms with Crippen molar-refractivity contribution in [2.75, 3.05) is 0 Å². The molecule has 0 radical (unpaired) electrons. The van der Waals surface area contributed by atoms with Crippen molar-refractivity contribution >= 4 is 21.6 Å². The highest BCUT2D eigenvalue weighted by molar-refractivity contribution is 7.21. The lowest BCUT2D eigenvalue weighted by atomic mass is 9.99. The van der Waals surface area contributed by atoms with Crippen LogP contribution in [0.1, 0.15) is 29.2 Å². The molecule has 2 nitrogen and oxygen atoms in total. The second kappa shape index (κ2) is 5.07. The molecule has 0 saturated carbocycles. The first-order chi connectivity index (χ1) is 11.4. The summed E-state index contributed by atoms with van der Waals surface area (Å²) in [6.07, 6.45) is 2.27. The second-order valence-corrected chi connectivity index (χ2v) is 7.01. The topological polar surface area (TPSA) is 26.0 Å². The van der Waals surface area contributed by atoms with E-state index in [-0.39, 0.29) is 0 Å². The largest absolute Gasteiger partial charge is 0.458 e. The SMILES string of the molecule is c1ccc2c(c1)CCC2c1ccc(-c2nc3ccccc3s2)o1. The maximum absolute atomic E-state index is 6.19. The molecular formula is C20H15NOS. The molecule has 2 heterocycles. The normalized spacial score (nSPS) is 16.8. The van der Waals surface area contributed by atoms with Crippen LogP contribution in [-0.4, -0.2) is 4.98 Å². The summed E-state index contributed by atoms with van der Waals surface area (Å²) in [6.45, 7) is 0. The predicted molar refractivity (Wildman–Crippen MR) is 93.9 cm³/mol. The fourth-order valence-corrected chi connectivity index (χ4v) is 4.41. The Morgan fingerprint density at radius 3 is 2.78 bits per heavy atom. The number of aryl methyl sites for hydroxylation is 1. The summed E-state index contributed by atoms with van der Waals surface area (Å²) in [5, 5.41) is 0.962. The molecule has 0 spiro atoms. The van der Waals surface area contributed by atoms with Crippen LogP contribution in [0.3, 0.4) is 0 Å². The van der Waals surface area contributed by atoms with Gasteiger partial charge < -0.3 is 4.42 Å². The van der Waals surface area contributed by atoms with Crippen LogP contribution in [0.2, 0.25) is 0 Å². The first-order valence-corrected chi connectivity index (χ1v) is 8.73. The van der Waals surface area contributed by atoms with Crippen molar-refractivity contribution in [3.8, 4) is 10.8 Å². The Bertz CT molecular complexity index is 964. The number of hydrogen-bond acceptors (Lipinski definition) is 3. The molecule has 4 aromatic rings. The Morgan fingerprint density at radius 2 is 1.83 bits per heavy atom. The summed E-state index contributed by atoms with van der Waals surface area (Å²) in [4.78, 5) is 4.69. The van der Waals surface area contributed by atoms with Gasteiger partial charge in [-0.05, 0) is 48.2 Å². The lowest BCUT2D eigenvalue weighted by Crippen LogP contribution is -1.93. The monoisotopic (exact) mass is 317 g/mol. The van der Waals surface area contributed by atoms with Gasteiger partial charge in [-0.15, -0.1) is 11.3 Å². The van der Waals surface area contributed by atoms with Crippen molar-refractivity contribution < 1.29 is 4.42 Å². The quantitative estimate of drug-likeness (QED) is 0.478. The molecule has 0 aliphatic heterocycles. The van der Waals surface area contributed by atoms with E-state index in [2.05, 4.69) is 42.5 Å². The molecule has 0 N–H and O–H groups in total. The van der Waals surface area contributed by atoms with Crippen LogP contribution >= 0.6 is 11.3 Å². The van der Waals surface area contributed by atoms with E-state index in [4.69, 9.17) is 9.40 Å². The highest BCUT2D eigenvalue weighted by Gasteiger charge is 2.26. The molecule has 23 heavy (non-hydrogen) atoms. The smallest absolute Gasteiger partial charge is 0.162 e. The van der Waals surface area contributed by atoms with Gasteiger partial charge in [0, 0.05) is 5.92 Å². The summed E-state index contributed by atoms with van der Waals surface area (Å²) in [5.41, 5.74) is 3.91. The van der Waals surface area contributed by atoms with E-state index >= 15 is 0 Å². The minimum absolute atomic E-state index is 0.384. The zero-order valence-corrected chi connectivity index (χ0v) is 13.3. The summed E-state index contributed by atoms with van der Waals surface area (Å²) in [5.74, 6) is 2.32. The van der Waals surface area contributed by atoms with Gasteiger partial charge in [-0.3, -0.25) is 0 Å². The van der Waals surface area contributed by atoms with Crippen molar-refractivity contribution in [1.29, 1.82) is 0 Å². The van der Waals surface area contributed by atoms with E-state index in [1.165, 1.54) is 15.8 Å². The van der Waals surface area contributed by atoms with Crippen LogP contribution in [0.4, 0.5) is 0 Å². The Morgan fingerprint density at radius 1 is 0.957 bits per heavy atom. The average molecular weight is 317 g/mol. The number of nitrogens with zero attached hydrogens (tertiary/aromatic N) is 1. The fraction of sp³-hybridized carbons (Fsp3) is 0.150. The van der Waals surface area contributed by atoms with Gasteiger partial charge in [-0.25, -0.2) is 4.98 Å². The van der Waals surface area contributed by atoms with Gasteiger partial charge in [-0.1, -0.05) is 36.4 Å². The van der Waals surface area contributed by atoms with Gasteiger partial charge in [0.15, 0.2) is 10.8 Å². The first kappa shape index (κ1) is 13.1. The Labute approximate surface area is 138 Å². The van der Waals surface area contributed by atoms with E-state index in [9.17, 15) is 0 Å². The minimum Gasteiger partial charge on any atom is -0.458 e. The van der Waals surface area contributed by atoms with Crippen molar-refractivity contribution in [2.24, 2.45) is 0 Å². The Balaban J connectivity index is 1.54. The highest BCUT2D eigenvalue weighted by atomic mass is 32.1. The molecule has 5 rings (SSSR count). The maximum atomic E-state index is 6.19. The summed E-state index contributed by atoms with van der Waals surface area (Å²) in [6, 6.07) is 21.1. The highest BCUT2D eigenvalue weighted by Crippen LogP contribution is 2.40. The van der Waals surface area contributed by atoms with E-state index in [0.717, 1.165) is 34.9 Å². The molecule has 2 aromatic carbocycles. The Kier molecular flexibility index (Phi) is 2.88. The van der Waals surface area contributed by atoms with Crippen LogP contribution in [-0.2, 0) is 6.42 Å². The number of fused-ring (bicyclic) bond motifs is 2. The Hall–Kier alpha value is -2.39. The van der Waals surface area contributed by atoms with Crippen molar-refractivity contribution in [2.45, 2.75) is 18.8 Å². The molecule has 0 bridgehead atoms. The van der Waals surface area contributed by atoms with Crippen LogP contribution in [0, 0.1) is 0 Å². The molecule has 3 heteroatoms. The van der Waals surface area contributed by atoms with E-state index in [1.807, 2.05) is 18.2 Å². The third-order valence-corrected chi connectivity index (χ3v) is 5.66. The molecule has 0 saturated heterocycles. The summed E-state index contributed by atoms with van der Waals surface area (Å²) >= 11 is 1.69. The third kappa shape index (κ3) is 2.12. The fourth-order valence-electron chi connectivity index (χ4n) is 3.49. The van der Waals surface area contributed by atoms with Crippen LogP contribution in [0.25, 0.3) is 21.0 Å². The molecule has 1 atom stereocenters. The van der Waals surface area contributed by atoms with Gasteiger partial charge in [0.05, 0.1) is 10.2 Å². The standard InChI is InChI=1S/C20H15NOS/c1-2-6-14-13(5-1)9-10-15(14)17-11-12-18(22-17)20-21-16-7-3-4-8-19(16)23-20/h1-8,11-12,15H,9-10H2. The first-order valence-electron chi connectivity index (χ1n) is 7.92. The number of benzene rings is 2. The minimum atomic E-state index is 0.384. The zero-order valence-electron chi connectivity index (χ0n) is 12.5. The predicted octanol–water partition coefficient (Wildman–Crippen LogP) is 5.63. The van der Waals surface area contributed by atoms with E-state index in [0.29, 0.717) is 5.92 Å². The average Bonchev–Trinajstić information content (AvgIpc) is 3.31. The van der Waals surface area contributed by atoms with Crippen LogP contribution < -0.4 is 0 Å². The molecular weight excluding hydrogens is 302 g/mol. The number of furan rings is 1. The van der Waals surface area contributed by atoms with Gasteiger partial charge >= 0.3 is 0 Å². The molecule has 0 amide bonds. The number of thiazole rings is 1. The zero-order chi connectivity index (χ0) is 15.2. The van der Waals surface area contributed by atoms with Crippen LogP contribution in [0.5, 0.6) is 0 Å². The molecule has 1 aliphatic carbocycles. The molecule has 0 fully saturated rings. The van der Waals surface area contributed by atoms with Crippen molar-refractivity contribution in [3.05, 3.63) is 77.6 Å². The lowest BCUT2D eigenvalue weighted by molar-refractivity contribution is 0.495. The van der Waals surface area contributed by atoms with Crippen LogP contribution in [0.15, 0.2) is 65.1 Å². The number of hydrogen-bond donors (Lipinski definition) is 0. The molecule has 2 aromatic heterocycles. The maximum Gasteiger partial charge on any atom is 0.162 e. The summed E-state index contributed by atoms with van der Waals surface area (Å²) < 4.78 is 7.39. The lowest BCUT2D eigenvalue weighted by Gasteiger charge is -2.07. The van der Waals surface area contributed by atoms with Gasteiger partial charge in [-0.2, -0.15) is 0 Å². The molecule has 1 aliphatic rings. The van der Waals surface area contributed by atoms with E-state index in [1.54, 1.807) is 11.3 Å². The van der Waals surface area contributed by atoms with E-state index < -0.39 is 0 Å². The third-order valence-electron chi connectivity index (χ3n) is 4.61. The number of para-hydroxylation sites is 1. The van der Waals surface area contributed by atoms with Gasteiger partial charge in [0.2, 0.25) is 0 Å². The molecule has 112 valence electrons. The summed E-state index contributed by atoms with van der Waals surface area (Å²) in [7, 11) is 0. The number of rotatable bonds is 2. The van der Waals surface area contributed by atoms with Gasteiger partial charge in [0.25, 0.3) is 0 Å². The van der Waals surface area contributed by atoms with Gasteiger partial charge in [0.1, 0.15) is 5.76 Å². The van der Waals surface area contributed by atoms with Crippen molar-refractivity contribution in [3.63, 3.8) is 0 Å². The second-order valence-electron chi connectivity index (χ2n) is 5.98. The van der Waals surface area contributed by atoms with Crippen molar-refractivity contribution in [1.82, 2.24) is 4.98 Å². The number of aromatic nitrogens is 1. The molecule has 1 unspecified atom stereocenters.